The molecule has 174 valence electrons. The van der Waals surface area contributed by atoms with E-state index in [0.717, 1.165) is 17.3 Å². The number of aromatic hydroxyl groups is 1. The molecule has 0 saturated carbocycles. The molecule has 0 aliphatic carbocycles. The summed E-state index contributed by atoms with van der Waals surface area (Å²) in [6.45, 7) is 0.183. The Bertz CT molecular complexity index is 1290. The van der Waals surface area contributed by atoms with Gasteiger partial charge in [0, 0.05) is 10.6 Å². The van der Waals surface area contributed by atoms with Gasteiger partial charge >= 0.3 is 0 Å². The van der Waals surface area contributed by atoms with E-state index < -0.39 is 0 Å². The van der Waals surface area contributed by atoms with E-state index in [1.807, 2.05) is 6.07 Å². The average Bonchev–Trinajstić information content (AvgIpc) is 3.45. The number of rotatable bonds is 7. The molecule has 8 nitrogen and oxygen atoms in total. The second kappa shape index (κ2) is 10.5. The normalized spacial score (nSPS) is 16.2. The smallest absolute Gasteiger partial charge is 0.267 e. The van der Waals surface area contributed by atoms with Crippen LogP contribution in [0.25, 0.3) is 6.08 Å². The summed E-state index contributed by atoms with van der Waals surface area (Å²) in [7, 11) is 3.12. The van der Waals surface area contributed by atoms with Crippen molar-refractivity contribution in [1.82, 2.24) is 4.90 Å². The van der Waals surface area contributed by atoms with Crippen molar-refractivity contribution >= 4 is 46.7 Å². The van der Waals surface area contributed by atoms with E-state index in [1.54, 1.807) is 62.9 Å². The number of ether oxygens (including phenoxy) is 2. The molecule has 4 rings (SSSR count). The molecule has 0 unspecified atom stereocenters. The third kappa shape index (κ3) is 5.27. The summed E-state index contributed by atoms with van der Waals surface area (Å²) >= 11 is 7.18. The van der Waals surface area contributed by atoms with Gasteiger partial charge in [0.15, 0.2) is 16.7 Å². The SMILES string of the molecule is COc1ccc(/C=N/N=C2\S/C(=C\c3cc(Cl)ccc3O)C(=O)N2Cc2ccco2)cc1OC. The maximum absolute atomic E-state index is 13.1. The summed E-state index contributed by atoms with van der Waals surface area (Å²) in [5.41, 5.74) is 1.17. The third-order valence-corrected chi connectivity index (χ3v) is 6.05. The molecule has 1 amide bonds. The quantitative estimate of drug-likeness (QED) is 0.275. The highest BCUT2D eigenvalue weighted by Gasteiger charge is 2.34. The first kappa shape index (κ1) is 23.5. The molecule has 0 radical (unpaired) electrons. The lowest BCUT2D eigenvalue weighted by Crippen LogP contribution is -2.28. The van der Waals surface area contributed by atoms with Gasteiger partial charge in [0.1, 0.15) is 11.5 Å². The number of hydrogen-bond acceptors (Lipinski definition) is 8. The van der Waals surface area contributed by atoms with Crippen LogP contribution in [-0.2, 0) is 11.3 Å². The van der Waals surface area contributed by atoms with Crippen molar-refractivity contribution in [3.63, 3.8) is 0 Å². The Kier molecular flexibility index (Phi) is 7.24. The number of amides is 1. The second-order valence-corrected chi connectivity index (χ2v) is 8.47. The molecule has 1 aliphatic rings. The summed E-state index contributed by atoms with van der Waals surface area (Å²) in [6, 6.07) is 13.5. The molecule has 2 heterocycles. The zero-order valence-electron chi connectivity index (χ0n) is 18.3. The Hall–Kier alpha value is -3.69. The number of benzene rings is 2. The number of halogens is 1. The van der Waals surface area contributed by atoms with Gasteiger partial charge < -0.3 is 19.0 Å². The topological polar surface area (TPSA) is 96.9 Å². The van der Waals surface area contributed by atoms with E-state index in [1.165, 1.54) is 17.2 Å². The van der Waals surface area contributed by atoms with Crippen molar-refractivity contribution in [2.24, 2.45) is 10.2 Å². The zero-order valence-corrected chi connectivity index (χ0v) is 19.8. The van der Waals surface area contributed by atoms with Crippen molar-refractivity contribution in [3.05, 3.63) is 81.6 Å². The summed E-state index contributed by atoms with van der Waals surface area (Å²) in [6.07, 6.45) is 4.66. The molecule has 1 aromatic heterocycles. The van der Waals surface area contributed by atoms with Gasteiger partial charge in [-0.1, -0.05) is 11.6 Å². The number of nitrogens with zero attached hydrogens (tertiary/aromatic N) is 3. The van der Waals surface area contributed by atoms with E-state index in [9.17, 15) is 9.90 Å². The predicted octanol–water partition coefficient (Wildman–Crippen LogP) is 5.16. The fourth-order valence-electron chi connectivity index (χ4n) is 3.14. The monoisotopic (exact) mass is 497 g/mol. The van der Waals surface area contributed by atoms with Gasteiger partial charge in [-0.25, -0.2) is 0 Å². The van der Waals surface area contributed by atoms with Crippen LogP contribution in [0.4, 0.5) is 0 Å². The third-order valence-electron chi connectivity index (χ3n) is 4.82. The maximum Gasteiger partial charge on any atom is 0.267 e. The summed E-state index contributed by atoms with van der Waals surface area (Å²) in [4.78, 5) is 15.0. The highest BCUT2D eigenvalue weighted by atomic mass is 35.5. The highest BCUT2D eigenvalue weighted by molar-refractivity contribution is 8.18. The number of thioether (sulfide) groups is 1. The minimum absolute atomic E-state index is 0.0137. The number of phenolic OH excluding ortho intramolecular Hbond substituents is 1. The minimum Gasteiger partial charge on any atom is -0.507 e. The van der Waals surface area contributed by atoms with Crippen molar-refractivity contribution in [2.75, 3.05) is 14.2 Å². The Morgan fingerprint density at radius 2 is 1.97 bits per heavy atom. The van der Waals surface area contributed by atoms with Gasteiger partial charge in [0.05, 0.1) is 38.1 Å². The Morgan fingerprint density at radius 3 is 2.71 bits per heavy atom. The molecule has 1 aliphatic heterocycles. The van der Waals surface area contributed by atoms with Crippen LogP contribution in [-0.4, -0.2) is 41.5 Å². The van der Waals surface area contributed by atoms with E-state index in [4.69, 9.17) is 25.5 Å². The molecule has 2 aromatic carbocycles. The number of carbonyl (C=O) groups is 1. The Balaban J connectivity index is 1.64. The average molecular weight is 498 g/mol. The lowest BCUT2D eigenvalue weighted by atomic mass is 10.2. The van der Waals surface area contributed by atoms with Crippen LogP contribution in [0.3, 0.4) is 0 Å². The summed E-state index contributed by atoms with van der Waals surface area (Å²) in [5.74, 6) is 1.49. The first-order chi connectivity index (χ1) is 16.5. The first-order valence-corrected chi connectivity index (χ1v) is 11.2. The molecule has 1 fully saturated rings. The molecule has 1 saturated heterocycles. The second-order valence-electron chi connectivity index (χ2n) is 7.03. The predicted molar refractivity (Wildman–Crippen MR) is 133 cm³/mol. The van der Waals surface area contributed by atoms with Gasteiger partial charge in [-0.2, -0.15) is 5.10 Å². The van der Waals surface area contributed by atoms with E-state index >= 15 is 0 Å². The van der Waals surface area contributed by atoms with E-state index in [-0.39, 0.29) is 18.2 Å². The van der Waals surface area contributed by atoms with Crippen LogP contribution < -0.4 is 9.47 Å². The van der Waals surface area contributed by atoms with E-state index in [2.05, 4.69) is 10.2 Å². The highest BCUT2D eigenvalue weighted by Crippen LogP contribution is 2.36. The van der Waals surface area contributed by atoms with Crippen molar-refractivity contribution < 1.29 is 23.8 Å². The van der Waals surface area contributed by atoms with Gasteiger partial charge in [-0.3, -0.25) is 9.69 Å². The van der Waals surface area contributed by atoms with Crippen LogP contribution in [0, 0.1) is 0 Å². The number of amidine groups is 1. The van der Waals surface area contributed by atoms with Crippen LogP contribution in [0.2, 0.25) is 5.02 Å². The molecule has 0 atom stereocenters. The van der Waals surface area contributed by atoms with Crippen LogP contribution in [0.1, 0.15) is 16.9 Å². The summed E-state index contributed by atoms with van der Waals surface area (Å²) < 4.78 is 16.0. The van der Waals surface area contributed by atoms with Gasteiger partial charge in [-0.15, -0.1) is 5.10 Å². The lowest BCUT2D eigenvalue weighted by molar-refractivity contribution is -0.122. The fourth-order valence-corrected chi connectivity index (χ4v) is 4.25. The molecule has 0 spiro atoms. The first-order valence-electron chi connectivity index (χ1n) is 10.0. The Labute approximate surface area is 205 Å². The Morgan fingerprint density at radius 1 is 1.15 bits per heavy atom. The van der Waals surface area contributed by atoms with Crippen LogP contribution >= 0.6 is 23.4 Å². The minimum atomic E-state index is -0.291. The lowest BCUT2D eigenvalue weighted by Gasteiger charge is -2.12. The largest absolute Gasteiger partial charge is 0.507 e. The molecule has 10 heteroatoms. The van der Waals surface area contributed by atoms with Gasteiger partial charge in [-0.05, 0) is 71.9 Å². The molecule has 0 bridgehead atoms. The molecule has 1 N–H and O–H groups in total. The number of furan rings is 1. The van der Waals surface area contributed by atoms with Gasteiger partial charge in [0.25, 0.3) is 5.91 Å². The van der Waals surface area contributed by atoms with Crippen LogP contribution in [0.5, 0.6) is 17.2 Å². The van der Waals surface area contributed by atoms with Crippen molar-refractivity contribution in [3.8, 4) is 17.2 Å². The molecule has 3 aromatic rings. The number of hydrogen-bond donors (Lipinski definition) is 1. The molecule has 34 heavy (non-hydrogen) atoms. The van der Waals surface area contributed by atoms with Gasteiger partial charge in [0.2, 0.25) is 0 Å². The zero-order chi connectivity index (χ0) is 24.1. The molecular weight excluding hydrogens is 478 g/mol. The molecular formula is C24H20ClN3O5S. The number of methoxy groups -OCH3 is 2. The van der Waals surface area contributed by atoms with Crippen molar-refractivity contribution in [1.29, 1.82) is 0 Å². The maximum atomic E-state index is 13.1. The summed E-state index contributed by atoms with van der Waals surface area (Å²) in [5, 5.41) is 19.4. The number of carbonyl (C=O) groups excluding carboxylic acids is 1. The number of phenols is 1. The standard InChI is InChI=1S/C24H20ClN3O5S/c1-31-20-8-5-15(10-21(20)32-2)13-26-27-24-28(14-18-4-3-9-33-18)23(30)22(34-24)12-16-11-17(25)6-7-19(16)29/h3-13,29H,14H2,1-2H3/b22-12-,26-13+,27-24-. The fraction of sp³-hybridized carbons (Fsp3) is 0.125. The van der Waals surface area contributed by atoms with E-state index in [0.29, 0.717) is 37.9 Å². The van der Waals surface area contributed by atoms with Crippen LogP contribution in [0.15, 0.2) is 74.3 Å². The van der Waals surface area contributed by atoms with Crippen molar-refractivity contribution in [2.45, 2.75) is 6.54 Å².